The number of nitrogens with zero attached hydrogens (tertiary/aromatic N) is 2. The molecule has 0 saturated heterocycles. The third-order valence-electron chi connectivity index (χ3n) is 7.49. The fourth-order valence-electron chi connectivity index (χ4n) is 5.53. The number of pyridine rings is 1. The average Bonchev–Trinajstić information content (AvgIpc) is 3.33. The Bertz CT molecular complexity index is 1870. The van der Waals surface area contributed by atoms with E-state index in [0.29, 0.717) is 0 Å². The SMILES string of the molecule is NC1(c2ccccc2)C=CC=CC1Nc1cccc(Oc2ccc3c4ccccc4n(-c4ccccn4)c3c2)c1. The van der Waals surface area contributed by atoms with E-state index in [4.69, 9.17) is 10.5 Å². The summed E-state index contributed by atoms with van der Waals surface area (Å²) in [4.78, 5) is 4.63. The van der Waals surface area contributed by atoms with Crippen molar-refractivity contribution in [2.75, 3.05) is 5.32 Å². The minimum Gasteiger partial charge on any atom is -0.457 e. The van der Waals surface area contributed by atoms with E-state index in [2.05, 4.69) is 75.6 Å². The van der Waals surface area contributed by atoms with E-state index in [1.807, 2.05) is 85.1 Å². The Hall–Kier alpha value is -5.13. The minimum absolute atomic E-state index is 0.124. The molecule has 0 bridgehead atoms. The van der Waals surface area contributed by atoms with Gasteiger partial charge in [-0.1, -0.05) is 85.0 Å². The maximum absolute atomic E-state index is 6.94. The highest BCUT2D eigenvalue weighted by molar-refractivity contribution is 6.09. The highest BCUT2D eigenvalue weighted by Crippen LogP contribution is 2.36. The van der Waals surface area contributed by atoms with Gasteiger partial charge in [-0.2, -0.15) is 0 Å². The molecule has 2 heterocycles. The van der Waals surface area contributed by atoms with Crippen molar-refractivity contribution in [3.63, 3.8) is 0 Å². The number of benzene rings is 4. The molecule has 0 saturated carbocycles. The number of aromatic nitrogens is 2. The molecule has 194 valence electrons. The molecule has 0 spiro atoms. The van der Waals surface area contributed by atoms with Crippen LogP contribution in [-0.4, -0.2) is 15.6 Å². The van der Waals surface area contributed by atoms with E-state index in [9.17, 15) is 0 Å². The van der Waals surface area contributed by atoms with Gasteiger partial charge >= 0.3 is 0 Å². The topological polar surface area (TPSA) is 65.1 Å². The molecule has 7 rings (SSSR count). The molecule has 2 atom stereocenters. The van der Waals surface area contributed by atoms with Gasteiger partial charge in [-0.15, -0.1) is 0 Å². The summed E-state index contributed by atoms with van der Waals surface area (Å²) < 4.78 is 8.59. The van der Waals surface area contributed by atoms with Gasteiger partial charge in [0, 0.05) is 34.8 Å². The van der Waals surface area contributed by atoms with Crippen LogP contribution in [0.25, 0.3) is 27.6 Å². The molecule has 3 N–H and O–H groups in total. The summed E-state index contributed by atoms with van der Waals surface area (Å²) in [5.74, 6) is 2.36. The van der Waals surface area contributed by atoms with Crippen LogP contribution in [0.3, 0.4) is 0 Å². The van der Waals surface area contributed by atoms with Crippen LogP contribution in [0, 0.1) is 0 Å². The van der Waals surface area contributed by atoms with Crippen molar-refractivity contribution in [3.8, 4) is 17.3 Å². The van der Waals surface area contributed by atoms with Crippen LogP contribution < -0.4 is 15.8 Å². The molecular weight excluding hydrogens is 492 g/mol. The lowest BCUT2D eigenvalue weighted by Crippen LogP contribution is -2.50. The van der Waals surface area contributed by atoms with Gasteiger partial charge in [-0.05, 0) is 48.0 Å². The number of rotatable bonds is 6. The molecular formula is C35H28N4O. The number of ether oxygens (including phenoxy) is 1. The first-order chi connectivity index (χ1) is 19.7. The first kappa shape index (κ1) is 23.9. The molecule has 40 heavy (non-hydrogen) atoms. The number of nitrogens with one attached hydrogen (secondary N) is 1. The quantitative estimate of drug-likeness (QED) is 0.236. The Balaban J connectivity index is 1.21. The molecule has 4 aromatic carbocycles. The summed E-state index contributed by atoms with van der Waals surface area (Å²) in [6, 6.07) is 38.6. The summed E-state index contributed by atoms with van der Waals surface area (Å²) >= 11 is 0. The zero-order valence-electron chi connectivity index (χ0n) is 21.8. The van der Waals surface area contributed by atoms with Crippen LogP contribution in [0.5, 0.6) is 11.5 Å². The lowest BCUT2D eigenvalue weighted by molar-refractivity contribution is 0.482. The van der Waals surface area contributed by atoms with Crippen molar-refractivity contribution in [1.82, 2.24) is 9.55 Å². The Morgan fingerprint density at radius 3 is 2.40 bits per heavy atom. The van der Waals surface area contributed by atoms with Gasteiger partial charge in [0.1, 0.15) is 17.3 Å². The number of hydrogen-bond acceptors (Lipinski definition) is 4. The minimum atomic E-state index is -0.670. The fourth-order valence-corrected chi connectivity index (χ4v) is 5.53. The summed E-state index contributed by atoms with van der Waals surface area (Å²) in [6.07, 6.45) is 10.0. The summed E-state index contributed by atoms with van der Waals surface area (Å²) in [5, 5.41) is 5.95. The third-order valence-corrected chi connectivity index (χ3v) is 7.49. The fraction of sp³-hybridized carbons (Fsp3) is 0.0571. The number of anilines is 1. The number of hydrogen-bond donors (Lipinski definition) is 2. The molecule has 2 unspecified atom stereocenters. The predicted molar refractivity (Wildman–Crippen MR) is 163 cm³/mol. The lowest BCUT2D eigenvalue weighted by Gasteiger charge is -2.36. The standard InChI is InChI=1S/C35H28N4O/c36-35(25-11-2-1-3-12-25)21-8-6-17-33(35)38-26-13-10-14-27(23-26)40-28-19-20-30-29-15-4-5-16-31(29)39(32(30)24-28)34-18-7-9-22-37-34/h1-24,33,38H,36H2. The highest BCUT2D eigenvalue weighted by Gasteiger charge is 2.34. The van der Waals surface area contributed by atoms with E-state index < -0.39 is 5.54 Å². The molecule has 5 nitrogen and oxygen atoms in total. The van der Waals surface area contributed by atoms with Crippen molar-refractivity contribution in [1.29, 1.82) is 0 Å². The first-order valence-corrected chi connectivity index (χ1v) is 13.4. The van der Waals surface area contributed by atoms with E-state index in [0.717, 1.165) is 45.0 Å². The summed E-state index contributed by atoms with van der Waals surface area (Å²) in [6.45, 7) is 0. The van der Waals surface area contributed by atoms with Gasteiger partial charge in [-0.3, -0.25) is 4.57 Å². The van der Waals surface area contributed by atoms with Gasteiger partial charge in [0.05, 0.1) is 22.6 Å². The maximum atomic E-state index is 6.94. The second kappa shape index (κ2) is 9.88. The van der Waals surface area contributed by atoms with Crippen molar-refractivity contribution in [2.45, 2.75) is 11.6 Å². The second-order valence-electron chi connectivity index (χ2n) is 10.0. The molecule has 0 fully saturated rings. The van der Waals surface area contributed by atoms with Crippen LogP contribution in [-0.2, 0) is 5.54 Å². The Morgan fingerprint density at radius 1 is 0.725 bits per heavy atom. The number of fused-ring (bicyclic) bond motifs is 3. The Kier molecular flexibility index (Phi) is 5.91. The molecule has 1 aliphatic rings. The van der Waals surface area contributed by atoms with Crippen LogP contribution in [0.2, 0.25) is 0 Å². The Morgan fingerprint density at radius 2 is 1.52 bits per heavy atom. The second-order valence-corrected chi connectivity index (χ2v) is 10.0. The largest absolute Gasteiger partial charge is 0.457 e. The van der Waals surface area contributed by atoms with Gasteiger partial charge in [0.15, 0.2) is 0 Å². The molecule has 0 amide bonds. The summed E-state index contributed by atoms with van der Waals surface area (Å²) in [7, 11) is 0. The van der Waals surface area contributed by atoms with Crippen LogP contribution in [0.4, 0.5) is 5.69 Å². The summed E-state index contributed by atoms with van der Waals surface area (Å²) in [5.41, 5.74) is 10.4. The normalized spacial score (nSPS) is 18.3. The van der Waals surface area contributed by atoms with E-state index in [-0.39, 0.29) is 6.04 Å². The lowest BCUT2D eigenvalue weighted by atomic mass is 9.80. The van der Waals surface area contributed by atoms with Crippen LogP contribution in [0.1, 0.15) is 5.56 Å². The van der Waals surface area contributed by atoms with Crippen molar-refractivity contribution in [3.05, 3.63) is 151 Å². The molecule has 5 heteroatoms. The highest BCUT2D eigenvalue weighted by atomic mass is 16.5. The van der Waals surface area contributed by atoms with Gasteiger partial charge in [0.25, 0.3) is 0 Å². The van der Waals surface area contributed by atoms with Crippen LogP contribution >= 0.6 is 0 Å². The first-order valence-electron chi connectivity index (χ1n) is 13.4. The van der Waals surface area contributed by atoms with Crippen molar-refractivity contribution in [2.24, 2.45) is 5.73 Å². The number of allylic oxidation sites excluding steroid dienone is 2. The molecule has 6 aromatic rings. The maximum Gasteiger partial charge on any atom is 0.137 e. The molecule has 0 aliphatic heterocycles. The smallest absolute Gasteiger partial charge is 0.137 e. The molecule has 1 aliphatic carbocycles. The van der Waals surface area contributed by atoms with Crippen molar-refractivity contribution < 1.29 is 4.74 Å². The monoisotopic (exact) mass is 520 g/mol. The van der Waals surface area contributed by atoms with E-state index >= 15 is 0 Å². The Labute approximate surface area is 232 Å². The van der Waals surface area contributed by atoms with Crippen LogP contribution in [0.15, 0.2) is 146 Å². The molecule has 0 radical (unpaired) electrons. The molecule has 2 aromatic heterocycles. The van der Waals surface area contributed by atoms with E-state index in [1.165, 1.54) is 5.39 Å². The van der Waals surface area contributed by atoms with Gasteiger partial charge < -0.3 is 15.8 Å². The number of nitrogens with two attached hydrogens (primary N) is 1. The van der Waals surface area contributed by atoms with Gasteiger partial charge in [0.2, 0.25) is 0 Å². The number of para-hydroxylation sites is 1. The third kappa shape index (κ3) is 4.23. The van der Waals surface area contributed by atoms with E-state index in [1.54, 1.807) is 0 Å². The van der Waals surface area contributed by atoms with Crippen molar-refractivity contribution >= 4 is 27.5 Å². The average molecular weight is 521 g/mol. The zero-order valence-corrected chi connectivity index (χ0v) is 21.8. The predicted octanol–water partition coefficient (Wildman–Crippen LogP) is 7.73. The zero-order chi connectivity index (χ0) is 26.9. The van der Waals surface area contributed by atoms with Gasteiger partial charge in [-0.25, -0.2) is 4.98 Å².